The molecule has 0 saturated heterocycles. The molecule has 1 atom stereocenters. The molecule has 0 radical (unpaired) electrons. The van der Waals surface area contributed by atoms with Crippen LogP contribution >= 0.6 is 11.8 Å². The number of hydrogen-bond acceptors (Lipinski definition) is 6. The fourth-order valence-electron chi connectivity index (χ4n) is 2.11. The van der Waals surface area contributed by atoms with E-state index in [1.54, 1.807) is 0 Å². The number of nitrogen functional groups attached to an aromatic ring is 1. The third-order valence-corrected chi connectivity index (χ3v) is 4.56. The molecule has 24 heavy (non-hydrogen) atoms. The fourth-order valence-corrected chi connectivity index (χ4v) is 2.77. The standard InChI is InChI=1S/C16H21N5O2S/c1-4-12-5-7-13(8-6-12)10(2)18-14(22)9-24-16-20-19-11(3)15(23)21(16)17/h5-8,10H,4,9,17H2,1-3H3,(H,18,22)/t10-/m1/s1. The van der Waals surface area contributed by atoms with E-state index in [0.29, 0.717) is 0 Å². The van der Waals surface area contributed by atoms with Gasteiger partial charge in [-0.25, -0.2) is 0 Å². The molecule has 0 aliphatic carbocycles. The number of benzene rings is 1. The topological polar surface area (TPSA) is 103 Å². The molecular weight excluding hydrogens is 326 g/mol. The second-order valence-corrected chi connectivity index (χ2v) is 6.36. The predicted molar refractivity (Wildman–Crippen MR) is 94.3 cm³/mol. The van der Waals surface area contributed by atoms with E-state index in [-0.39, 0.29) is 28.6 Å². The molecule has 0 bridgehead atoms. The van der Waals surface area contributed by atoms with E-state index in [2.05, 4.69) is 34.6 Å². The number of carbonyl (C=O) groups excluding carboxylic acids is 1. The number of rotatable bonds is 6. The van der Waals surface area contributed by atoms with Gasteiger partial charge in [0.1, 0.15) is 5.69 Å². The van der Waals surface area contributed by atoms with Crippen LogP contribution in [0.3, 0.4) is 0 Å². The highest BCUT2D eigenvalue weighted by molar-refractivity contribution is 7.99. The Morgan fingerprint density at radius 2 is 2.00 bits per heavy atom. The van der Waals surface area contributed by atoms with Crippen LogP contribution in [0.15, 0.2) is 34.2 Å². The van der Waals surface area contributed by atoms with Gasteiger partial charge in [-0.3, -0.25) is 9.59 Å². The first kappa shape index (κ1) is 18.0. The van der Waals surface area contributed by atoms with Crippen molar-refractivity contribution in [1.82, 2.24) is 20.2 Å². The van der Waals surface area contributed by atoms with Gasteiger partial charge in [-0.2, -0.15) is 4.68 Å². The van der Waals surface area contributed by atoms with Crippen molar-refractivity contribution in [3.63, 3.8) is 0 Å². The maximum absolute atomic E-state index is 12.1. The highest BCUT2D eigenvalue weighted by Crippen LogP contribution is 2.15. The van der Waals surface area contributed by atoms with Crippen molar-refractivity contribution >= 4 is 17.7 Å². The van der Waals surface area contributed by atoms with Gasteiger partial charge in [0.2, 0.25) is 11.1 Å². The molecule has 0 fully saturated rings. The summed E-state index contributed by atoms with van der Waals surface area (Å²) in [5, 5.41) is 10.7. The molecule has 3 N–H and O–H groups in total. The van der Waals surface area contributed by atoms with E-state index in [9.17, 15) is 9.59 Å². The van der Waals surface area contributed by atoms with Gasteiger partial charge in [-0.1, -0.05) is 43.0 Å². The Bertz CT molecular complexity index is 773. The van der Waals surface area contributed by atoms with Crippen LogP contribution in [0, 0.1) is 6.92 Å². The van der Waals surface area contributed by atoms with Crippen LogP contribution in [0.2, 0.25) is 0 Å². The van der Waals surface area contributed by atoms with Gasteiger partial charge in [0.25, 0.3) is 5.56 Å². The first-order chi connectivity index (χ1) is 11.4. The Labute approximate surface area is 144 Å². The van der Waals surface area contributed by atoms with E-state index >= 15 is 0 Å². The molecule has 128 valence electrons. The van der Waals surface area contributed by atoms with E-state index in [1.165, 1.54) is 12.5 Å². The molecule has 1 heterocycles. The highest BCUT2D eigenvalue weighted by atomic mass is 32.2. The van der Waals surface area contributed by atoms with Gasteiger partial charge in [-0.15, -0.1) is 10.2 Å². The van der Waals surface area contributed by atoms with Crippen LogP contribution in [0.25, 0.3) is 0 Å². The van der Waals surface area contributed by atoms with E-state index in [1.807, 2.05) is 19.1 Å². The van der Waals surface area contributed by atoms with Gasteiger partial charge in [-0.05, 0) is 31.4 Å². The minimum absolute atomic E-state index is 0.103. The Morgan fingerprint density at radius 3 is 2.62 bits per heavy atom. The van der Waals surface area contributed by atoms with Crippen molar-refractivity contribution in [2.45, 2.75) is 38.4 Å². The average Bonchev–Trinajstić information content (AvgIpc) is 2.59. The van der Waals surface area contributed by atoms with Crippen LogP contribution in [0.4, 0.5) is 0 Å². The number of thioether (sulfide) groups is 1. The van der Waals surface area contributed by atoms with E-state index in [4.69, 9.17) is 5.84 Å². The Morgan fingerprint density at radius 1 is 1.33 bits per heavy atom. The second kappa shape index (κ2) is 7.96. The average molecular weight is 347 g/mol. The number of nitrogens with zero attached hydrogens (tertiary/aromatic N) is 3. The normalized spacial score (nSPS) is 12.0. The van der Waals surface area contributed by atoms with Crippen molar-refractivity contribution in [3.05, 3.63) is 51.4 Å². The monoisotopic (exact) mass is 347 g/mol. The molecule has 2 rings (SSSR count). The summed E-state index contributed by atoms with van der Waals surface area (Å²) in [6, 6.07) is 8.04. The summed E-state index contributed by atoms with van der Waals surface area (Å²) in [6.07, 6.45) is 0.982. The third-order valence-electron chi connectivity index (χ3n) is 3.62. The number of aromatic nitrogens is 3. The summed E-state index contributed by atoms with van der Waals surface area (Å²) in [7, 11) is 0. The molecule has 1 amide bonds. The fraction of sp³-hybridized carbons (Fsp3) is 0.375. The minimum Gasteiger partial charge on any atom is -0.349 e. The van der Waals surface area contributed by atoms with Gasteiger partial charge >= 0.3 is 0 Å². The molecule has 7 nitrogen and oxygen atoms in total. The molecule has 0 aliphatic heterocycles. The van der Waals surface area contributed by atoms with Crippen molar-refractivity contribution < 1.29 is 4.79 Å². The molecule has 8 heteroatoms. The van der Waals surface area contributed by atoms with Crippen molar-refractivity contribution in [3.8, 4) is 0 Å². The molecular formula is C16H21N5O2S. The lowest BCUT2D eigenvalue weighted by Gasteiger charge is -2.14. The van der Waals surface area contributed by atoms with Crippen molar-refractivity contribution in [2.24, 2.45) is 0 Å². The number of amides is 1. The Kier molecular flexibility index (Phi) is 5.97. The maximum Gasteiger partial charge on any atom is 0.294 e. The number of nitrogens with one attached hydrogen (secondary N) is 1. The summed E-state index contributed by atoms with van der Waals surface area (Å²) in [5.74, 6) is 5.58. The highest BCUT2D eigenvalue weighted by Gasteiger charge is 2.13. The third kappa shape index (κ3) is 4.35. The first-order valence-corrected chi connectivity index (χ1v) is 8.63. The van der Waals surface area contributed by atoms with Crippen LogP contribution in [-0.4, -0.2) is 26.5 Å². The zero-order chi connectivity index (χ0) is 17.7. The van der Waals surface area contributed by atoms with Crippen LogP contribution < -0.4 is 16.7 Å². The summed E-state index contributed by atoms with van der Waals surface area (Å²) < 4.78 is 0.910. The lowest BCUT2D eigenvalue weighted by molar-refractivity contribution is -0.119. The molecule has 0 aliphatic rings. The van der Waals surface area contributed by atoms with Gasteiger partial charge in [0, 0.05) is 0 Å². The van der Waals surface area contributed by atoms with Crippen molar-refractivity contribution in [1.29, 1.82) is 0 Å². The van der Waals surface area contributed by atoms with Crippen LogP contribution in [0.1, 0.15) is 36.7 Å². The molecule has 0 saturated carbocycles. The second-order valence-electron chi connectivity index (χ2n) is 5.42. The molecule has 0 unspecified atom stereocenters. The zero-order valence-corrected chi connectivity index (χ0v) is 14.8. The SMILES string of the molecule is CCc1ccc([C@@H](C)NC(=O)CSc2nnc(C)c(=O)n2N)cc1. The molecule has 2 aromatic rings. The van der Waals surface area contributed by atoms with E-state index in [0.717, 1.165) is 28.4 Å². The lowest BCUT2D eigenvalue weighted by Crippen LogP contribution is -2.33. The summed E-state index contributed by atoms with van der Waals surface area (Å²) in [6.45, 7) is 5.56. The van der Waals surface area contributed by atoms with Crippen molar-refractivity contribution in [2.75, 3.05) is 11.6 Å². The first-order valence-electron chi connectivity index (χ1n) is 7.64. The smallest absolute Gasteiger partial charge is 0.294 e. The van der Waals surface area contributed by atoms with E-state index < -0.39 is 5.56 Å². The summed E-state index contributed by atoms with van der Waals surface area (Å²) in [4.78, 5) is 23.7. The number of aryl methyl sites for hydroxylation is 2. The van der Waals surface area contributed by atoms with Crippen LogP contribution in [0.5, 0.6) is 0 Å². The predicted octanol–water partition coefficient (Wildman–Crippen LogP) is 1.19. The number of nitrogens with two attached hydrogens (primary N) is 1. The molecule has 1 aromatic heterocycles. The Hall–Kier alpha value is -2.35. The number of carbonyl (C=O) groups is 1. The number of hydrogen-bond donors (Lipinski definition) is 2. The molecule has 0 spiro atoms. The van der Waals surface area contributed by atoms with Crippen LogP contribution in [-0.2, 0) is 11.2 Å². The van der Waals surface area contributed by atoms with Gasteiger partial charge in [0.15, 0.2) is 0 Å². The quantitative estimate of drug-likeness (QED) is 0.601. The lowest BCUT2D eigenvalue weighted by atomic mass is 10.1. The van der Waals surface area contributed by atoms with Gasteiger partial charge in [0.05, 0.1) is 11.8 Å². The summed E-state index contributed by atoms with van der Waals surface area (Å²) in [5.41, 5.74) is 2.09. The largest absolute Gasteiger partial charge is 0.349 e. The maximum atomic E-state index is 12.1. The Balaban J connectivity index is 1.93. The molecule has 1 aromatic carbocycles. The van der Waals surface area contributed by atoms with Gasteiger partial charge < -0.3 is 11.2 Å². The summed E-state index contributed by atoms with van der Waals surface area (Å²) >= 11 is 1.07. The minimum atomic E-state index is -0.419. The zero-order valence-electron chi connectivity index (χ0n) is 13.9.